The van der Waals surface area contributed by atoms with Crippen molar-refractivity contribution < 1.29 is 18.0 Å². The van der Waals surface area contributed by atoms with E-state index in [0.29, 0.717) is 17.1 Å². The van der Waals surface area contributed by atoms with Crippen LogP contribution in [-0.2, 0) is 14.8 Å². The van der Waals surface area contributed by atoms with E-state index in [2.05, 4.69) is 10.2 Å². The Labute approximate surface area is 187 Å². The Morgan fingerprint density at radius 1 is 1.10 bits per heavy atom. The lowest BCUT2D eigenvalue weighted by Crippen LogP contribution is -2.37. The maximum absolute atomic E-state index is 12.9. The molecule has 2 heterocycles. The molecule has 2 aromatic rings. The molecule has 7 nitrogen and oxygen atoms in total. The van der Waals surface area contributed by atoms with Gasteiger partial charge in [0.2, 0.25) is 15.9 Å². The molecule has 9 heteroatoms. The molecular formula is C22H24ClN3O4S. The average molecular weight is 462 g/mol. The second-order valence-electron chi connectivity index (χ2n) is 7.80. The van der Waals surface area contributed by atoms with Crippen molar-refractivity contribution in [2.75, 3.05) is 29.7 Å². The summed E-state index contributed by atoms with van der Waals surface area (Å²) in [5.74, 6) is -1.01. The number of hydrogen-bond donors (Lipinski definition) is 1. The van der Waals surface area contributed by atoms with Crippen molar-refractivity contribution in [2.24, 2.45) is 0 Å². The molecule has 2 aliphatic heterocycles. The van der Waals surface area contributed by atoms with Gasteiger partial charge in [0.15, 0.2) is 0 Å². The lowest BCUT2D eigenvalue weighted by molar-refractivity contribution is -0.116. The third kappa shape index (κ3) is 4.76. The second kappa shape index (κ2) is 8.98. The molecule has 2 fully saturated rings. The number of amides is 2. The third-order valence-electron chi connectivity index (χ3n) is 5.69. The molecule has 2 aliphatic rings. The molecule has 0 spiro atoms. The van der Waals surface area contributed by atoms with Crippen LogP contribution in [0.1, 0.15) is 41.2 Å². The maximum Gasteiger partial charge on any atom is 0.251 e. The van der Waals surface area contributed by atoms with Gasteiger partial charge in [0.25, 0.3) is 5.91 Å². The van der Waals surface area contributed by atoms with Gasteiger partial charge < -0.3 is 5.32 Å². The van der Waals surface area contributed by atoms with Crippen LogP contribution in [0.3, 0.4) is 0 Å². The van der Waals surface area contributed by atoms with Crippen LogP contribution >= 0.6 is 11.6 Å². The van der Waals surface area contributed by atoms with Crippen LogP contribution in [0, 0.1) is 0 Å². The molecule has 2 aromatic carbocycles. The number of anilines is 1. The van der Waals surface area contributed by atoms with Gasteiger partial charge in [-0.25, -0.2) is 12.7 Å². The van der Waals surface area contributed by atoms with Crippen LogP contribution in [0.15, 0.2) is 48.5 Å². The van der Waals surface area contributed by atoms with Crippen LogP contribution in [0.2, 0.25) is 5.02 Å². The van der Waals surface area contributed by atoms with Crippen molar-refractivity contribution in [3.8, 4) is 0 Å². The predicted molar refractivity (Wildman–Crippen MR) is 120 cm³/mol. The normalized spacial score (nSPS) is 19.5. The molecule has 0 aliphatic carbocycles. The first-order chi connectivity index (χ1) is 14.8. The summed E-state index contributed by atoms with van der Waals surface area (Å²) in [5.41, 5.74) is 1.54. The number of benzene rings is 2. The Bertz CT molecular complexity index is 1100. The van der Waals surface area contributed by atoms with Gasteiger partial charge in [-0.15, -0.1) is 0 Å². The minimum absolute atomic E-state index is 0.00568. The third-order valence-corrected chi connectivity index (χ3v) is 7.62. The van der Waals surface area contributed by atoms with Crippen molar-refractivity contribution in [2.45, 2.75) is 25.3 Å². The summed E-state index contributed by atoms with van der Waals surface area (Å²) in [7, 11) is -3.68. The standard InChI is InChI=1S/C22H24ClN3O4S/c23-18-7-3-5-16(13-18)20(25-10-1-2-11-25)15-24-22(28)17-6-4-8-19(14-17)26-21(27)9-12-31(26,29)30/h3-8,13-14,20H,1-2,9-12,15H2,(H,24,28)/t20-/m0/s1. The molecule has 2 amide bonds. The Morgan fingerprint density at radius 2 is 1.84 bits per heavy atom. The lowest BCUT2D eigenvalue weighted by atomic mass is 10.1. The van der Waals surface area contributed by atoms with Crippen LogP contribution in [0.4, 0.5) is 5.69 Å². The smallest absolute Gasteiger partial charge is 0.251 e. The fraction of sp³-hybridized carbons (Fsp3) is 0.364. The Balaban J connectivity index is 1.51. The van der Waals surface area contributed by atoms with Gasteiger partial charge in [-0.3, -0.25) is 14.5 Å². The van der Waals surface area contributed by atoms with Gasteiger partial charge in [-0.1, -0.05) is 29.8 Å². The first kappa shape index (κ1) is 21.8. The molecule has 0 saturated carbocycles. The van der Waals surface area contributed by atoms with Gasteiger partial charge in [0.1, 0.15) is 0 Å². The zero-order valence-corrected chi connectivity index (χ0v) is 18.5. The van der Waals surface area contributed by atoms with E-state index in [4.69, 9.17) is 11.6 Å². The average Bonchev–Trinajstić information content (AvgIpc) is 3.36. The molecule has 0 bridgehead atoms. The molecule has 4 rings (SSSR count). The maximum atomic E-state index is 12.9. The summed E-state index contributed by atoms with van der Waals surface area (Å²) < 4.78 is 25.2. The fourth-order valence-electron chi connectivity index (χ4n) is 4.16. The molecule has 164 valence electrons. The van der Waals surface area contributed by atoms with Crippen molar-refractivity contribution in [3.63, 3.8) is 0 Å². The Morgan fingerprint density at radius 3 is 2.52 bits per heavy atom. The number of nitrogens with one attached hydrogen (secondary N) is 1. The monoisotopic (exact) mass is 461 g/mol. The molecule has 31 heavy (non-hydrogen) atoms. The zero-order chi connectivity index (χ0) is 22.0. The quantitative estimate of drug-likeness (QED) is 0.714. The summed E-state index contributed by atoms with van der Waals surface area (Å²) in [5, 5.41) is 3.62. The van der Waals surface area contributed by atoms with Gasteiger partial charge in [-0.05, 0) is 61.8 Å². The SMILES string of the molecule is O=C(NC[C@@H](c1cccc(Cl)c1)N1CCCC1)c1cccc(N2C(=O)CCS2(=O)=O)c1. The van der Waals surface area contributed by atoms with Crippen LogP contribution in [0.5, 0.6) is 0 Å². The number of rotatable bonds is 6. The van der Waals surface area contributed by atoms with E-state index < -0.39 is 15.9 Å². The second-order valence-corrected chi connectivity index (χ2v) is 10.2. The van der Waals surface area contributed by atoms with E-state index in [-0.39, 0.29) is 29.8 Å². The highest BCUT2D eigenvalue weighted by Gasteiger charge is 2.36. The molecule has 2 saturated heterocycles. The number of likely N-dealkylation sites (tertiary alicyclic amines) is 1. The molecule has 0 unspecified atom stereocenters. The van der Waals surface area contributed by atoms with Crippen LogP contribution in [0.25, 0.3) is 0 Å². The van der Waals surface area contributed by atoms with Crippen molar-refractivity contribution in [1.29, 1.82) is 0 Å². The predicted octanol–water partition coefficient (Wildman–Crippen LogP) is 2.97. The van der Waals surface area contributed by atoms with E-state index in [1.165, 1.54) is 12.1 Å². The highest BCUT2D eigenvalue weighted by atomic mass is 35.5. The number of nitrogens with zero attached hydrogens (tertiary/aromatic N) is 2. The summed E-state index contributed by atoms with van der Waals surface area (Å²) >= 11 is 6.18. The molecule has 0 aromatic heterocycles. The number of halogens is 1. The fourth-order valence-corrected chi connectivity index (χ4v) is 5.81. The highest BCUT2D eigenvalue weighted by Crippen LogP contribution is 2.28. The number of carbonyl (C=O) groups excluding carboxylic acids is 2. The summed E-state index contributed by atoms with van der Waals surface area (Å²) in [6, 6.07) is 13.8. The number of hydrogen-bond acceptors (Lipinski definition) is 5. The van der Waals surface area contributed by atoms with Crippen molar-refractivity contribution >= 4 is 39.1 Å². The van der Waals surface area contributed by atoms with Crippen molar-refractivity contribution in [3.05, 3.63) is 64.7 Å². The summed E-state index contributed by atoms with van der Waals surface area (Å²) in [6.07, 6.45) is 2.19. The molecule has 1 atom stereocenters. The largest absolute Gasteiger partial charge is 0.350 e. The Hall–Kier alpha value is -2.42. The van der Waals surface area contributed by atoms with E-state index in [9.17, 15) is 18.0 Å². The summed E-state index contributed by atoms with van der Waals surface area (Å²) in [4.78, 5) is 27.2. The van der Waals surface area contributed by atoms with Gasteiger partial charge in [0.05, 0.1) is 17.5 Å². The minimum Gasteiger partial charge on any atom is -0.350 e. The van der Waals surface area contributed by atoms with Crippen LogP contribution < -0.4 is 9.62 Å². The minimum atomic E-state index is -3.68. The molecular weight excluding hydrogens is 438 g/mol. The van der Waals surface area contributed by atoms with E-state index in [1.54, 1.807) is 12.1 Å². The van der Waals surface area contributed by atoms with Crippen LogP contribution in [-0.4, -0.2) is 50.5 Å². The van der Waals surface area contributed by atoms with E-state index in [0.717, 1.165) is 35.8 Å². The van der Waals surface area contributed by atoms with Gasteiger partial charge in [0, 0.05) is 23.6 Å². The van der Waals surface area contributed by atoms with E-state index in [1.807, 2.05) is 24.3 Å². The van der Waals surface area contributed by atoms with Crippen molar-refractivity contribution in [1.82, 2.24) is 10.2 Å². The zero-order valence-electron chi connectivity index (χ0n) is 17.0. The van der Waals surface area contributed by atoms with E-state index >= 15 is 0 Å². The van der Waals surface area contributed by atoms with Gasteiger partial charge >= 0.3 is 0 Å². The number of sulfonamides is 1. The summed E-state index contributed by atoms with van der Waals surface area (Å²) in [6.45, 7) is 2.30. The van der Waals surface area contributed by atoms with Gasteiger partial charge in [-0.2, -0.15) is 0 Å². The first-order valence-corrected chi connectivity index (χ1v) is 12.3. The Kier molecular flexibility index (Phi) is 6.31. The topological polar surface area (TPSA) is 86.8 Å². The molecule has 1 N–H and O–H groups in total. The molecule has 0 radical (unpaired) electrons. The lowest BCUT2D eigenvalue weighted by Gasteiger charge is -2.28. The highest BCUT2D eigenvalue weighted by molar-refractivity contribution is 7.94. The first-order valence-electron chi connectivity index (χ1n) is 10.3. The number of carbonyl (C=O) groups is 2.